The van der Waals surface area contributed by atoms with E-state index in [2.05, 4.69) is 4.72 Å². The molecule has 0 aromatic heterocycles. The lowest BCUT2D eigenvalue weighted by atomic mass is 10.1. The second-order valence-corrected chi connectivity index (χ2v) is 6.05. The van der Waals surface area contributed by atoms with Crippen LogP contribution in [0.15, 0.2) is 18.2 Å². The molecule has 0 radical (unpaired) electrons. The summed E-state index contributed by atoms with van der Waals surface area (Å²) in [5.74, 6) is 0. The van der Waals surface area contributed by atoms with Crippen molar-refractivity contribution in [3.8, 4) is 0 Å². The van der Waals surface area contributed by atoms with E-state index in [-0.39, 0.29) is 5.25 Å². The molecule has 1 aromatic carbocycles. The molecule has 2 rings (SSSR count). The molecule has 1 fully saturated rings. The Hall–Kier alpha value is -1.03. The minimum atomic E-state index is -3.13. The van der Waals surface area contributed by atoms with Gasteiger partial charge in [-0.1, -0.05) is 12.1 Å². The summed E-state index contributed by atoms with van der Waals surface area (Å²) in [5.41, 5.74) is 2.81. The van der Waals surface area contributed by atoms with Crippen molar-refractivity contribution in [1.29, 1.82) is 0 Å². The van der Waals surface area contributed by atoms with Gasteiger partial charge in [0.05, 0.1) is 10.9 Å². The molecule has 1 N–H and O–H groups in total. The summed E-state index contributed by atoms with van der Waals surface area (Å²) in [7, 11) is -3.13. The Labute approximate surface area is 90.6 Å². The van der Waals surface area contributed by atoms with Crippen LogP contribution in [0.3, 0.4) is 0 Å². The summed E-state index contributed by atoms with van der Waals surface area (Å²) in [6, 6.07) is 5.65. The van der Waals surface area contributed by atoms with Crippen LogP contribution in [-0.4, -0.2) is 13.7 Å². The van der Waals surface area contributed by atoms with E-state index < -0.39 is 10.0 Å². The maximum Gasteiger partial charge on any atom is 0.235 e. The Bertz CT molecular complexity index is 475. The number of nitrogens with one attached hydrogen (secondary N) is 1. The topological polar surface area (TPSA) is 46.2 Å². The van der Waals surface area contributed by atoms with Crippen molar-refractivity contribution in [3.63, 3.8) is 0 Å². The summed E-state index contributed by atoms with van der Waals surface area (Å²) in [6.07, 6.45) is 1.58. The van der Waals surface area contributed by atoms with Gasteiger partial charge in [-0.2, -0.15) is 0 Å². The highest BCUT2D eigenvalue weighted by Crippen LogP contribution is 2.30. The molecule has 0 spiro atoms. The first kappa shape index (κ1) is 10.5. The lowest BCUT2D eigenvalue weighted by Gasteiger charge is -2.11. The minimum Gasteiger partial charge on any atom is -0.283 e. The Kier molecular flexibility index (Phi) is 2.46. The average molecular weight is 225 g/mol. The molecule has 4 heteroatoms. The van der Waals surface area contributed by atoms with E-state index >= 15 is 0 Å². The summed E-state index contributed by atoms with van der Waals surface area (Å²) < 4.78 is 26.1. The molecule has 0 unspecified atom stereocenters. The van der Waals surface area contributed by atoms with Gasteiger partial charge >= 0.3 is 0 Å². The lowest BCUT2D eigenvalue weighted by molar-refractivity contribution is 0.600. The van der Waals surface area contributed by atoms with Crippen molar-refractivity contribution in [2.45, 2.75) is 31.9 Å². The van der Waals surface area contributed by atoms with E-state index in [1.165, 1.54) is 0 Å². The fraction of sp³-hybridized carbons (Fsp3) is 0.455. The minimum absolute atomic E-state index is 0.169. The fourth-order valence-corrected chi connectivity index (χ4v) is 2.93. The SMILES string of the molecule is Cc1cccc(NS(=O)(=O)C2CC2)c1C. The third kappa shape index (κ3) is 2.15. The zero-order valence-electron chi connectivity index (χ0n) is 8.95. The first-order valence-corrected chi connectivity index (χ1v) is 6.63. The number of hydrogen-bond acceptors (Lipinski definition) is 2. The number of aryl methyl sites for hydroxylation is 1. The van der Waals surface area contributed by atoms with Crippen molar-refractivity contribution in [1.82, 2.24) is 0 Å². The molecule has 1 aliphatic rings. The van der Waals surface area contributed by atoms with Crippen LogP contribution in [0.5, 0.6) is 0 Å². The molecule has 0 bridgehead atoms. The molecular weight excluding hydrogens is 210 g/mol. The second-order valence-electron chi connectivity index (χ2n) is 4.09. The number of benzene rings is 1. The maximum absolute atomic E-state index is 11.7. The van der Waals surface area contributed by atoms with Gasteiger partial charge < -0.3 is 0 Å². The molecule has 82 valence electrons. The summed E-state index contributed by atoms with van der Waals surface area (Å²) in [6.45, 7) is 3.91. The molecule has 1 aliphatic carbocycles. The number of anilines is 1. The van der Waals surface area contributed by atoms with Crippen molar-refractivity contribution in [3.05, 3.63) is 29.3 Å². The van der Waals surface area contributed by atoms with Crippen LogP contribution in [-0.2, 0) is 10.0 Å². The third-order valence-electron chi connectivity index (χ3n) is 2.82. The zero-order valence-corrected chi connectivity index (χ0v) is 9.76. The van der Waals surface area contributed by atoms with Crippen LogP contribution in [0.2, 0.25) is 0 Å². The Morgan fingerprint density at radius 1 is 1.27 bits per heavy atom. The average Bonchev–Trinajstić information content (AvgIpc) is 2.95. The van der Waals surface area contributed by atoms with E-state index in [0.29, 0.717) is 5.69 Å². The Balaban J connectivity index is 2.28. The summed E-state index contributed by atoms with van der Waals surface area (Å²) in [5, 5.41) is -0.169. The molecule has 0 aliphatic heterocycles. The van der Waals surface area contributed by atoms with E-state index in [9.17, 15) is 8.42 Å². The molecule has 1 aromatic rings. The van der Waals surface area contributed by atoms with Gasteiger partial charge in [-0.05, 0) is 43.9 Å². The fourth-order valence-electron chi connectivity index (χ4n) is 1.48. The van der Waals surface area contributed by atoms with E-state index in [1.807, 2.05) is 32.0 Å². The molecule has 1 saturated carbocycles. The van der Waals surface area contributed by atoms with Crippen LogP contribution in [0, 0.1) is 13.8 Å². The normalized spacial score (nSPS) is 16.4. The Morgan fingerprint density at radius 2 is 1.93 bits per heavy atom. The predicted octanol–water partition coefficient (Wildman–Crippen LogP) is 2.21. The molecular formula is C11H15NO2S. The van der Waals surface area contributed by atoms with Gasteiger partial charge in [0.2, 0.25) is 10.0 Å². The van der Waals surface area contributed by atoms with Gasteiger partial charge in [-0.15, -0.1) is 0 Å². The van der Waals surface area contributed by atoms with E-state index in [4.69, 9.17) is 0 Å². The molecule has 0 amide bonds. The van der Waals surface area contributed by atoms with Gasteiger partial charge in [0.25, 0.3) is 0 Å². The lowest BCUT2D eigenvalue weighted by Crippen LogP contribution is -2.18. The highest BCUT2D eigenvalue weighted by Gasteiger charge is 2.35. The number of sulfonamides is 1. The van der Waals surface area contributed by atoms with Gasteiger partial charge in [0, 0.05) is 0 Å². The van der Waals surface area contributed by atoms with Crippen molar-refractivity contribution >= 4 is 15.7 Å². The van der Waals surface area contributed by atoms with Crippen molar-refractivity contribution in [2.75, 3.05) is 4.72 Å². The van der Waals surface area contributed by atoms with Crippen LogP contribution < -0.4 is 4.72 Å². The second kappa shape index (κ2) is 3.52. The quantitative estimate of drug-likeness (QED) is 0.857. The van der Waals surface area contributed by atoms with Crippen LogP contribution in [0.1, 0.15) is 24.0 Å². The highest BCUT2D eigenvalue weighted by atomic mass is 32.2. The molecule has 15 heavy (non-hydrogen) atoms. The summed E-state index contributed by atoms with van der Waals surface area (Å²) >= 11 is 0. The Morgan fingerprint density at radius 3 is 2.53 bits per heavy atom. The van der Waals surface area contributed by atoms with Gasteiger partial charge in [0.15, 0.2) is 0 Å². The van der Waals surface area contributed by atoms with Crippen LogP contribution in [0.25, 0.3) is 0 Å². The van der Waals surface area contributed by atoms with Crippen molar-refractivity contribution < 1.29 is 8.42 Å². The molecule has 0 heterocycles. The third-order valence-corrected chi connectivity index (χ3v) is 4.67. The van der Waals surface area contributed by atoms with Gasteiger partial charge in [-0.3, -0.25) is 4.72 Å². The standard InChI is InChI=1S/C11H15NO2S/c1-8-4-3-5-11(9(8)2)12-15(13,14)10-6-7-10/h3-5,10,12H,6-7H2,1-2H3. The van der Waals surface area contributed by atoms with Crippen molar-refractivity contribution in [2.24, 2.45) is 0 Å². The number of hydrogen-bond donors (Lipinski definition) is 1. The van der Waals surface area contributed by atoms with E-state index in [1.54, 1.807) is 0 Å². The van der Waals surface area contributed by atoms with Crippen LogP contribution >= 0.6 is 0 Å². The summed E-state index contributed by atoms with van der Waals surface area (Å²) in [4.78, 5) is 0. The van der Waals surface area contributed by atoms with Gasteiger partial charge in [-0.25, -0.2) is 8.42 Å². The largest absolute Gasteiger partial charge is 0.283 e. The van der Waals surface area contributed by atoms with Crippen LogP contribution in [0.4, 0.5) is 5.69 Å². The maximum atomic E-state index is 11.7. The smallest absolute Gasteiger partial charge is 0.235 e. The first-order valence-electron chi connectivity index (χ1n) is 5.08. The zero-order chi connectivity index (χ0) is 11.1. The molecule has 0 atom stereocenters. The number of rotatable bonds is 3. The van der Waals surface area contributed by atoms with E-state index in [0.717, 1.165) is 24.0 Å². The first-order chi connectivity index (χ1) is 7.00. The highest BCUT2D eigenvalue weighted by molar-refractivity contribution is 7.93. The molecule has 3 nitrogen and oxygen atoms in total. The predicted molar refractivity (Wildman–Crippen MR) is 61.5 cm³/mol. The monoisotopic (exact) mass is 225 g/mol. The van der Waals surface area contributed by atoms with Gasteiger partial charge in [0.1, 0.15) is 0 Å². The molecule has 0 saturated heterocycles.